The Morgan fingerprint density at radius 2 is 1.91 bits per heavy atom. The molecule has 22 heavy (non-hydrogen) atoms. The van der Waals surface area contributed by atoms with Crippen molar-refractivity contribution < 1.29 is 4.74 Å². The molecule has 1 fully saturated rings. The second kappa shape index (κ2) is 6.49. The number of hydrogen-bond donors (Lipinski definition) is 0. The van der Waals surface area contributed by atoms with Crippen LogP contribution in [0.3, 0.4) is 0 Å². The van der Waals surface area contributed by atoms with Crippen LogP contribution in [0.4, 0.5) is 0 Å². The smallest absolute Gasteiger partial charge is 0.122 e. The molecule has 116 valence electrons. The summed E-state index contributed by atoms with van der Waals surface area (Å²) in [6, 6.07) is 16.7. The van der Waals surface area contributed by atoms with Crippen molar-refractivity contribution in [2.24, 2.45) is 5.92 Å². The van der Waals surface area contributed by atoms with Crippen LogP contribution in [0, 0.1) is 5.92 Å². The van der Waals surface area contributed by atoms with Crippen LogP contribution in [0.15, 0.2) is 48.5 Å². The van der Waals surface area contributed by atoms with Crippen LogP contribution in [0.5, 0.6) is 5.75 Å². The van der Waals surface area contributed by atoms with Crippen molar-refractivity contribution in [3.05, 3.63) is 64.7 Å². The third-order valence-corrected chi connectivity index (χ3v) is 4.82. The Kier molecular flexibility index (Phi) is 4.62. The second-order valence-corrected chi connectivity index (χ2v) is 6.48. The molecule has 0 N–H and O–H groups in total. The first-order valence-corrected chi connectivity index (χ1v) is 7.86. The van der Waals surface area contributed by atoms with E-state index < -0.39 is 0 Å². The Hall–Kier alpha value is -1.22. The maximum Gasteiger partial charge on any atom is 0.122 e. The molecule has 2 atom stereocenters. The van der Waals surface area contributed by atoms with Gasteiger partial charge in [-0.3, -0.25) is 4.90 Å². The van der Waals surface area contributed by atoms with Gasteiger partial charge in [-0.25, -0.2) is 0 Å². The Balaban J connectivity index is 0.00000144. The van der Waals surface area contributed by atoms with E-state index in [9.17, 15) is 0 Å². The Morgan fingerprint density at radius 1 is 1.09 bits per heavy atom. The fourth-order valence-corrected chi connectivity index (χ4v) is 3.77. The highest BCUT2D eigenvalue weighted by molar-refractivity contribution is 6.30. The number of ether oxygens (including phenoxy) is 1. The molecule has 0 spiro atoms. The lowest BCUT2D eigenvalue weighted by Gasteiger charge is -2.27. The fraction of sp³-hybridized carbons (Fsp3) is 0.333. The molecule has 0 aliphatic carbocycles. The highest BCUT2D eigenvalue weighted by Gasteiger charge is 2.38. The molecule has 2 aromatic rings. The van der Waals surface area contributed by atoms with E-state index in [1.54, 1.807) is 0 Å². The Morgan fingerprint density at radius 3 is 2.73 bits per heavy atom. The number of hydrogen-bond acceptors (Lipinski definition) is 2. The lowest BCUT2D eigenvalue weighted by molar-refractivity contribution is 0.212. The van der Waals surface area contributed by atoms with E-state index in [0.717, 1.165) is 37.0 Å². The molecule has 4 heteroatoms. The van der Waals surface area contributed by atoms with Crippen molar-refractivity contribution >= 4 is 24.0 Å². The van der Waals surface area contributed by atoms with Gasteiger partial charge in [0.2, 0.25) is 0 Å². The first-order chi connectivity index (χ1) is 10.3. The molecule has 2 aliphatic heterocycles. The summed E-state index contributed by atoms with van der Waals surface area (Å²) in [6.45, 7) is 4.04. The molecule has 0 aromatic heterocycles. The molecule has 0 radical (unpaired) electrons. The maximum atomic E-state index is 6.16. The molecule has 2 nitrogen and oxygen atoms in total. The maximum absolute atomic E-state index is 6.16. The summed E-state index contributed by atoms with van der Waals surface area (Å²) in [7, 11) is 0. The van der Waals surface area contributed by atoms with Crippen LogP contribution < -0.4 is 4.74 Å². The standard InChI is InChI=1S/C18H18ClNO.ClH/c19-15-6-7-18-16(8-15)17-11-20(10-14(17)12-21-18)9-13-4-2-1-3-5-13;/h1-8,14,17H,9-12H2;1H/t14-,17+;/m1./s1. The molecule has 0 saturated carbocycles. The van der Waals surface area contributed by atoms with Gasteiger partial charge in [-0.2, -0.15) is 0 Å². The van der Waals surface area contributed by atoms with Gasteiger partial charge in [0, 0.05) is 42.1 Å². The molecule has 2 aromatic carbocycles. The van der Waals surface area contributed by atoms with Crippen LogP contribution in [0.1, 0.15) is 17.0 Å². The predicted octanol–water partition coefficient (Wildman–Crippen LogP) is 4.37. The monoisotopic (exact) mass is 335 g/mol. The molecule has 0 bridgehead atoms. The lowest BCUT2D eigenvalue weighted by atomic mass is 9.87. The summed E-state index contributed by atoms with van der Waals surface area (Å²) in [5, 5.41) is 0.805. The van der Waals surface area contributed by atoms with E-state index in [2.05, 4.69) is 41.3 Å². The van der Waals surface area contributed by atoms with Gasteiger partial charge in [-0.05, 0) is 23.8 Å². The number of fused-ring (bicyclic) bond motifs is 3. The molecule has 0 unspecified atom stereocenters. The van der Waals surface area contributed by atoms with Gasteiger partial charge < -0.3 is 4.74 Å². The average molecular weight is 336 g/mol. The zero-order chi connectivity index (χ0) is 14.2. The Labute approximate surface area is 142 Å². The molecular formula is C18H19Cl2NO. The molecule has 1 saturated heterocycles. The van der Waals surface area contributed by atoms with E-state index >= 15 is 0 Å². The summed E-state index contributed by atoms with van der Waals surface area (Å²) in [6.07, 6.45) is 0. The van der Waals surface area contributed by atoms with Gasteiger partial charge in [0.25, 0.3) is 0 Å². The molecule has 4 rings (SSSR count). The van der Waals surface area contributed by atoms with Gasteiger partial charge in [0.15, 0.2) is 0 Å². The fourth-order valence-electron chi connectivity index (χ4n) is 3.59. The lowest BCUT2D eigenvalue weighted by Crippen LogP contribution is -2.25. The summed E-state index contributed by atoms with van der Waals surface area (Å²) in [5.41, 5.74) is 2.66. The third kappa shape index (κ3) is 2.96. The number of halogens is 2. The van der Waals surface area contributed by atoms with Crippen LogP contribution in [0.2, 0.25) is 5.02 Å². The molecule has 2 aliphatic rings. The van der Waals surface area contributed by atoms with Crippen LogP contribution in [-0.2, 0) is 6.54 Å². The van der Waals surface area contributed by atoms with Gasteiger partial charge in [0.05, 0.1) is 6.61 Å². The minimum absolute atomic E-state index is 0. The van der Waals surface area contributed by atoms with Crippen molar-refractivity contribution in [1.29, 1.82) is 0 Å². The van der Waals surface area contributed by atoms with Crippen molar-refractivity contribution in [2.45, 2.75) is 12.5 Å². The molecule has 0 amide bonds. The van der Waals surface area contributed by atoms with Crippen molar-refractivity contribution in [3.63, 3.8) is 0 Å². The van der Waals surface area contributed by atoms with Crippen molar-refractivity contribution in [3.8, 4) is 5.75 Å². The summed E-state index contributed by atoms with van der Waals surface area (Å²) >= 11 is 6.16. The van der Waals surface area contributed by atoms with Crippen LogP contribution >= 0.6 is 24.0 Å². The topological polar surface area (TPSA) is 12.5 Å². The number of likely N-dealkylation sites (tertiary alicyclic amines) is 1. The SMILES string of the molecule is Cl.Clc1ccc2c(c1)[C@H]1CN(Cc3ccccc3)C[C@@H]1CO2. The summed E-state index contributed by atoms with van der Waals surface area (Å²) in [5.74, 6) is 2.15. The molecule has 2 heterocycles. The van der Waals surface area contributed by atoms with Crippen molar-refractivity contribution in [1.82, 2.24) is 4.90 Å². The zero-order valence-electron chi connectivity index (χ0n) is 12.2. The minimum Gasteiger partial charge on any atom is -0.493 e. The average Bonchev–Trinajstić information content (AvgIpc) is 2.91. The van der Waals surface area contributed by atoms with Crippen LogP contribution in [-0.4, -0.2) is 24.6 Å². The highest BCUT2D eigenvalue weighted by Crippen LogP contribution is 2.42. The number of nitrogens with zero attached hydrogens (tertiary/aromatic N) is 1. The summed E-state index contributed by atoms with van der Waals surface area (Å²) < 4.78 is 5.91. The highest BCUT2D eigenvalue weighted by atomic mass is 35.5. The predicted molar refractivity (Wildman–Crippen MR) is 92.1 cm³/mol. The van der Waals surface area contributed by atoms with E-state index in [0.29, 0.717) is 11.8 Å². The van der Waals surface area contributed by atoms with E-state index in [1.807, 2.05) is 12.1 Å². The zero-order valence-corrected chi connectivity index (χ0v) is 13.8. The first kappa shape index (κ1) is 15.7. The number of benzene rings is 2. The third-order valence-electron chi connectivity index (χ3n) is 4.59. The first-order valence-electron chi connectivity index (χ1n) is 7.48. The van der Waals surface area contributed by atoms with Gasteiger partial charge in [0.1, 0.15) is 5.75 Å². The quantitative estimate of drug-likeness (QED) is 0.807. The second-order valence-electron chi connectivity index (χ2n) is 6.04. The normalized spacial score (nSPS) is 23.1. The molecular weight excluding hydrogens is 317 g/mol. The van der Waals surface area contributed by atoms with E-state index in [4.69, 9.17) is 16.3 Å². The number of rotatable bonds is 2. The van der Waals surface area contributed by atoms with Gasteiger partial charge in [-0.1, -0.05) is 41.9 Å². The van der Waals surface area contributed by atoms with E-state index in [1.165, 1.54) is 11.1 Å². The minimum atomic E-state index is 0. The van der Waals surface area contributed by atoms with Gasteiger partial charge >= 0.3 is 0 Å². The summed E-state index contributed by atoms with van der Waals surface area (Å²) in [4.78, 5) is 2.53. The largest absolute Gasteiger partial charge is 0.493 e. The van der Waals surface area contributed by atoms with Crippen molar-refractivity contribution in [2.75, 3.05) is 19.7 Å². The van der Waals surface area contributed by atoms with Crippen LogP contribution in [0.25, 0.3) is 0 Å². The van der Waals surface area contributed by atoms with E-state index in [-0.39, 0.29) is 12.4 Å². The van der Waals surface area contributed by atoms with Gasteiger partial charge in [-0.15, -0.1) is 12.4 Å². The Bertz CT molecular complexity index is 647.